The Hall–Kier alpha value is -1.55. The monoisotopic (exact) mass is 383 g/mol. The van der Waals surface area contributed by atoms with Crippen LogP contribution in [0.25, 0.3) is 10.2 Å². The Morgan fingerprint density at radius 1 is 1.25 bits per heavy atom. The third kappa shape index (κ3) is 3.16. The van der Waals surface area contributed by atoms with Gasteiger partial charge in [0.25, 0.3) is 10.0 Å². The van der Waals surface area contributed by atoms with Crippen LogP contribution in [0.15, 0.2) is 34.0 Å². The van der Waals surface area contributed by atoms with E-state index in [0.29, 0.717) is 18.5 Å². The second kappa shape index (κ2) is 6.40. The van der Waals surface area contributed by atoms with Crippen molar-refractivity contribution in [2.75, 3.05) is 4.72 Å². The number of rotatable bonds is 6. The number of benzene rings is 1. The summed E-state index contributed by atoms with van der Waals surface area (Å²) in [5.41, 5.74) is 1.92. The summed E-state index contributed by atoms with van der Waals surface area (Å²) in [4.78, 5) is 8.56. The van der Waals surface area contributed by atoms with Crippen LogP contribution < -0.4 is 4.72 Å². The molecule has 0 amide bonds. The van der Waals surface area contributed by atoms with E-state index >= 15 is 0 Å². The van der Waals surface area contributed by atoms with Gasteiger partial charge < -0.3 is 5.11 Å². The van der Waals surface area contributed by atoms with E-state index in [9.17, 15) is 13.5 Å². The van der Waals surface area contributed by atoms with E-state index in [1.54, 1.807) is 23.0 Å². The van der Waals surface area contributed by atoms with Gasteiger partial charge in [0.2, 0.25) is 0 Å². The maximum atomic E-state index is 12.5. The van der Waals surface area contributed by atoms with Crippen LogP contribution in [-0.4, -0.2) is 23.5 Å². The third-order valence-corrected chi connectivity index (χ3v) is 7.00. The Bertz CT molecular complexity index is 958. The van der Waals surface area contributed by atoms with Gasteiger partial charge >= 0.3 is 0 Å². The Morgan fingerprint density at radius 3 is 2.71 bits per heavy atom. The van der Waals surface area contributed by atoms with Crippen LogP contribution in [0.3, 0.4) is 0 Å². The van der Waals surface area contributed by atoms with Crippen LogP contribution in [-0.2, 0) is 15.6 Å². The molecular weight excluding hydrogens is 366 g/mol. The van der Waals surface area contributed by atoms with Gasteiger partial charge in [0.05, 0.1) is 26.3 Å². The van der Waals surface area contributed by atoms with Gasteiger partial charge in [-0.05, 0) is 31.0 Å². The number of anilines is 1. The summed E-state index contributed by atoms with van der Waals surface area (Å²) < 4.78 is 28.4. The third-order valence-electron chi connectivity index (χ3n) is 3.99. The van der Waals surface area contributed by atoms with Gasteiger partial charge in [0, 0.05) is 5.38 Å². The van der Waals surface area contributed by atoms with Gasteiger partial charge in [-0.1, -0.05) is 13.8 Å². The van der Waals surface area contributed by atoms with Crippen LogP contribution in [0.2, 0.25) is 0 Å². The van der Waals surface area contributed by atoms with Crippen molar-refractivity contribution in [3.63, 3.8) is 0 Å². The zero-order valence-corrected chi connectivity index (χ0v) is 15.6. The molecule has 0 spiro atoms. The number of aromatic nitrogens is 2. The number of hydrogen-bond donors (Lipinski definition) is 2. The van der Waals surface area contributed by atoms with Crippen molar-refractivity contribution in [3.05, 3.63) is 34.8 Å². The van der Waals surface area contributed by atoms with Gasteiger partial charge in [-0.3, -0.25) is 4.72 Å². The summed E-state index contributed by atoms with van der Waals surface area (Å²) in [6, 6.07) is 4.80. The quantitative estimate of drug-likeness (QED) is 0.679. The van der Waals surface area contributed by atoms with E-state index in [2.05, 4.69) is 14.7 Å². The SMILES string of the molecule is CCC(O)(CC)c1csc(NS(=O)(=O)c2ccc3ncsc3c2)n1. The van der Waals surface area contributed by atoms with Gasteiger partial charge in [-0.15, -0.1) is 22.7 Å². The second-order valence-corrected chi connectivity index (χ2v) is 8.79. The minimum absolute atomic E-state index is 0.164. The lowest BCUT2D eigenvalue weighted by molar-refractivity contribution is 0.0247. The van der Waals surface area contributed by atoms with Gasteiger partial charge in [-0.2, -0.15) is 0 Å². The van der Waals surface area contributed by atoms with Crippen molar-refractivity contribution in [3.8, 4) is 0 Å². The molecule has 1 aromatic carbocycles. The first-order valence-corrected chi connectivity index (χ1v) is 10.7. The second-order valence-electron chi connectivity index (χ2n) is 5.36. The van der Waals surface area contributed by atoms with Crippen molar-refractivity contribution in [2.24, 2.45) is 0 Å². The molecule has 0 aliphatic rings. The Kier molecular flexibility index (Phi) is 4.60. The fourth-order valence-electron chi connectivity index (χ4n) is 2.32. The topological polar surface area (TPSA) is 92.2 Å². The summed E-state index contributed by atoms with van der Waals surface area (Å²) in [5.74, 6) is 0. The molecule has 24 heavy (non-hydrogen) atoms. The first-order valence-electron chi connectivity index (χ1n) is 7.42. The number of fused-ring (bicyclic) bond motifs is 1. The molecule has 0 aliphatic heterocycles. The fraction of sp³-hybridized carbons (Fsp3) is 0.333. The molecule has 0 radical (unpaired) electrons. The number of nitrogens with zero attached hydrogens (tertiary/aromatic N) is 2. The highest BCUT2D eigenvalue weighted by Crippen LogP contribution is 2.32. The van der Waals surface area contributed by atoms with Crippen molar-refractivity contribution in [1.82, 2.24) is 9.97 Å². The molecule has 0 fully saturated rings. The summed E-state index contributed by atoms with van der Waals surface area (Å²) in [5, 5.41) is 12.4. The minimum atomic E-state index is -3.73. The van der Waals surface area contributed by atoms with Crippen molar-refractivity contribution >= 4 is 48.0 Å². The number of thiazole rings is 2. The maximum absolute atomic E-state index is 12.5. The highest BCUT2D eigenvalue weighted by molar-refractivity contribution is 7.93. The largest absolute Gasteiger partial charge is 0.384 e. The molecule has 6 nitrogen and oxygen atoms in total. The molecule has 3 aromatic rings. The first kappa shape index (κ1) is 17.3. The molecule has 0 atom stereocenters. The van der Waals surface area contributed by atoms with E-state index in [1.807, 2.05) is 13.8 Å². The van der Waals surface area contributed by atoms with Gasteiger partial charge in [0.15, 0.2) is 5.13 Å². The van der Waals surface area contributed by atoms with Gasteiger partial charge in [0.1, 0.15) is 5.60 Å². The molecule has 0 saturated carbocycles. The summed E-state index contributed by atoms with van der Waals surface area (Å²) in [6.45, 7) is 3.74. The highest BCUT2D eigenvalue weighted by atomic mass is 32.2. The normalized spacial score (nSPS) is 12.6. The van der Waals surface area contributed by atoms with Crippen LogP contribution >= 0.6 is 22.7 Å². The summed E-state index contributed by atoms with van der Waals surface area (Å²) in [6.07, 6.45) is 1.03. The predicted octanol–water partition coefficient (Wildman–Crippen LogP) is 3.56. The summed E-state index contributed by atoms with van der Waals surface area (Å²) in [7, 11) is -3.73. The number of nitrogens with one attached hydrogen (secondary N) is 1. The first-order chi connectivity index (χ1) is 11.4. The van der Waals surface area contributed by atoms with Crippen LogP contribution in [0.5, 0.6) is 0 Å². The van der Waals surface area contributed by atoms with E-state index in [4.69, 9.17) is 0 Å². The molecule has 128 valence electrons. The minimum Gasteiger partial charge on any atom is -0.384 e. The lowest BCUT2D eigenvalue weighted by Gasteiger charge is -2.22. The number of sulfonamides is 1. The average Bonchev–Trinajstić information content (AvgIpc) is 3.22. The lowest BCUT2D eigenvalue weighted by atomic mass is 9.94. The zero-order valence-electron chi connectivity index (χ0n) is 13.2. The number of hydrogen-bond acceptors (Lipinski definition) is 7. The van der Waals surface area contributed by atoms with E-state index in [1.165, 1.54) is 17.4 Å². The molecule has 3 rings (SSSR count). The molecule has 0 bridgehead atoms. The molecule has 0 saturated heterocycles. The van der Waals surface area contributed by atoms with Crippen LogP contribution in [0, 0.1) is 0 Å². The predicted molar refractivity (Wildman–Crippen MR) is 97.0 cm³/mol. The Balaban J connectivity index is 1.88. The van der Waals surface area contributed by atoms with E-state index < -0.39 is 15.6 Å². The molecule has 2 aromatic heterocycles. The number of aliphatic hydroxyl groups is 1. The molecule has 9 heteroatoms. The van der Waals surface area contributed by atoms with E-state index in [-0.39, 0.29) is 10.0 Å². The van der Waals surface area contributed by atoms with Crippen LogP contribution in [0.4, 0.5) is 5.13 Å². The summed E-state index contributed by atoms with van der Waals surface area (Å²) >= 11 is 2.55. The maximum Gasteiger partial charge on any atom is 0.263 e. The lowest BCUT2D eigenvalue weighted by Crippen LogP contribution is -2.24. The molecule has 0 unspecified atom stereocenters. The molecule has 2 heterocycles. The van der Waals surface area contributed by atoms with Gasteiger partial charge in [-0.25, -0.2) is 18.4 Å². The fourth-order valence-corrected chi connectivity index (χ4v) is 5.20. The molecule has 0 aliphatic carbocycles. The Morgan fingerprint density at radius 2 is 2.00 bits per heavy atom. The smallest absolute Gasteiger partial charge is 0.263 e. The molecular formula is C15H17N3O3S3. The zero-order chi connectivity index (χ0) is 17.4. The highest BCUT2D eigenvalue weighted by Gasteiger charge is 2.28. The van der Waals surface area contributed by atoms with Crippen molar-refractivity contribution in [2.45, 2.75) is 37.2 Å². The Labute approximate surface area is 148 Å². The van der Waals surface area contributed by atoms with Crippen molar-refractivity contribution in [1.29, 1.82) is 0 Å². The van der Waals surface area contributed by atoms with Crippen LogP contribution in [0.1, 0.15) is 32.4 Å². The molecule has 2 N–H and O–H groups in total. The standard InChI is InChI=1S/C15H17N3O3S3/c1-3-15(19,4-2)13-8-22-14(17-13)18-24(20,21)10-5-6-11-12(7-10)23-9-16-11/h5-9,19H,3-4H2,1-2H3,(H,17,18). The van der Waals surface area contributed by atoms with Crippen molar-refractivity contribution < 1.29 is 13.5 Å². The van der Waals surface area contributed by atoms with E-state index in [0.717, 1.165) is 21.6 Å². The average molecular weight is 384 g/mol.